The molecule has 1 fully saturated rings. The van der Waals surface area contributed by atoms with Crippen LogP contribution < -0.4 is 5.32 Å². The smallest absolute Gasteiger partial charge is 0.317 e. The third kappa shape index (κ3) is 7.26. The van der Waals surface area contributed by atoms with Gasteiger partial charge in [0.1, 0.15) is 0 Å². The van der Waals surface area contributed by atoms with Gasteiger partial charge in [-0.05, 0) is 73.5 Å². The predicted octanol–water partition coefficient (Wildman–Crippen LogP) is 5.70. The molecule has 1 heterocycles. The van der Waals surface area contributed by atoms with E-state index >= 15 is 0 Å². The summed E-state index contributed by atoms with van der Waals surface area (Å²) in [6.07, 6.45) is 4.05. The van der Waals surface area contributed by atoms with Gasteiger partial charge in [0.05, 0.1) is 0 Å². The Bertz CT molecular complexity index is 798. The van der Waals surface area contributed by atoms with Crippen molar-refractivity contribution in [2.24, 2.45) is 0 Å². The summed E-state index contributed by atoms with van der Waals surface area (Å²) in [5.74, 6) is 0.515. The van der Waals surface area contributed by atoms with Gasteiger partial charge in [-0.1, -0.05) is 61.8 Å². The van der Waals surface area contributed by atoms with E-state index in [2.05, 4.69) is 60.5 Å². The average Bonchev–Trinajstić information content (AvgIpc) is 2.80. The van der Waals surface area contributed by atoms with Crippen molar-refractivity contribution in [2.45, 2.75) is 52.0 Å². The highest BCUT2D eigenvalue weighted by Crippen LogP contribution is 2.28. The molecule has 0 aliphatic carbocycles. The van der Waals surface area contributed by atoms with Crippen molar-refractivity contribution in [3.63, 3.8) is 0 Å². The molecule has 1 aliphatic heterocycles. The molecule has 3 rings (SSSR count). The highest BCUT2D eigenvalue weighted by molar-refractivity contribution is 6.30. The summed E-state index contributed by atoms with van der Waals surface area (Å²) < 4.78 is 0. The van der Waals surface area contributed by atoms with Gasteiger partial charge in [-0.3, -0.25) is 4.90 Å². The van der Waals surface area contributed by atoms with Gasteiger partial charge in [-0.25, -0.2) is 4.79 Å². The lowest BCUT2D eigenvalue weighted by molar-refractivity contribution is 0.181. The number of amides is 2. The molecule has 2 aromatic carbocycles. The van der Waals surface area contributed by atoms with Crippen LogP contribution in [-0.4, -0.2) is 48.6 Å². The summed E-state index contributed by atoms with van der Waals surface area (Å²) in [5.41, 5.74) is 3.94. The van der Waals surface area contributed by atoms with E-state index in [9.17, 15) is 4.79 Å². The van der Waals surface area contributed by atoms with Crippen molar-refractivity contribution in [3.8, 4) is 0 Å². The second-order valence-electron chi connectivity index (χ2n) is 8.48. The molecule has 31 heavy (non-hydrogen) atoms. The summed E-state index contributed by atoms with van der Waals surface area (Å²) in [6.45, 7) is 9.95. The molecule has 4 nitrogen and oxygen atoms in total. The summed E-state index contributed by atoms with van der Waals surface area (Å²) in [6, 6.07) is 17.0. The van der Waals surface area contributed by atoms with Crippen LogP contribution in [0.4, 0.5) is 4.79 Å². The molecule has 1 aliphatic rings. The number of carbonyl (C=O) groups is 1. The SMILES string of the molecule is CCCN(CC)Cc1ccc(CCNC(=O)N2CCC(c3ccc(Cl)cc3)CC2)cc1. The molecule has 1 saturated heterocycles. The molecule has 0 atom stereocenters. The van der Waals surface area contributed by atoms with Gasteiger partial charge in [0.2, 0.25) is 0 Å². The van der Waals surface area contributed by atoms with Crippen LogP contribution in [0.5, 0.6) is 0 Å². The number of hydrogen-bond acceptors (Lipinski definition) is 2. The van der Waals surface area contributed by atoms with E-state index in [4.69, 9.17) is 11.6 Å². The first-order chi connectivity index (χ1) is 15.1. The zero-order valence-corrected chi connectivity index (χ0v) is 19.7. The maximum atomic E-state index is 12.5. The van der Waals surface area contributed by atoms with Crippen LogP contribution in [-0.2, 0) is 13.0 Å². The van der Waals surface area contributed by atoms with Crippen LogP contribution >= 0.6 is 11.6 Å². The molecule has 0 spiro atoms. The fraction of sp³-hybridized carbons (Fsp3) is 0.500. The van der Waals surface area contributed by atoms with Gasteiger partial charge in [0, 0.05) is 31.2 Å². The maximum absolute atomic E-state index is 12.5. The van der Waals surface area contributed by atoms with E-state index < -0.39 is 0 Å². The lowest BCUT2D eigenvalue weighted by Crippen LogP contribution is -2.44. The first kappa shape index (κ1) is 23.6. The fourth-order valence-electron chi connectivity index (χ4n) is 4.31. The molecule has 0 bridgehead atoms. The van der Waals surface area contributed by atoms with Crippen molar-refractivity contribution in [1.82, 2.24) is 15.1 Å². The van der Waals surface area contributed by atoms with Crippen molar-refractivity contribution in [2.75, 3.05) is 32.7 Å². The highest BCUT2D eigenvalue weighted by Gasteiger charge is 2.23. The van der Waals surface area contributed by atoms with Crippen molar-refractivity contribution in [3.05, 3.63) is 70.2 Å². The number of piperidine rings is 1. The van der Waals surface area contributed by atoms with Crippen molar-refractivity contribution < 1.29 is 4.79 Å². The second-order valence-corrected chi connectivity index (χ2v) is 8.92. The molecule has 168 valence electrons. The Morgan fingerprint density at radius 2 is 1.68 bits per heavy atom. The topological polar surface area (TPSA) is 35.6 Å². The quantitative estimate of drug-likeness (QED) is 0.541. The summed E-state index contributed by atoms with van der Waals surface area (Å²) in [5, 5.41) is 3.87. The Labute approximate surface area is 192 Å². The van der Waals surface area contributed by atoms with Crippen LogP contribution in [0, 0.1) is 0 Å². The minimum Gasteiger partial charge on any atom is -0.338 e. The molecule has 0 unspecified atom stereocenters. The molecule has 1 N–H and O–H groups in total. The lowest BCUT2D eigenvalue weighted by atomic mass is 9.89. The molecule has 2 amide bonds. The molecular formula is C26H36ClN3O. The Morgan fingerprint density at radius 3 is 2.29 bits per heavy atom. The molecule has 0 saturated carbocycles. The highest BCUT2D eigenvalue weighted by atomic mass is 35.5. The van der Waals surface area contributed by atoms with Gasteiger partial charge in [0.15, 0.2) is 0 Å². The number of urea groups is 1. The van der Waals surface area contributed by atoms with E-state index in [1.54, 1.807) is 0 Å². The Balaban J connectivity index is 1.38. The minimum atomic E-state index is 0.0596. The number of nitrogens with one attached hydrogen (secondary N) is 1. The van der Waals surface area contributed by atoms with Crippen molar-refractivity contribution >= 4 is 17.6 Å². The average molecular weight is 442 g/mol. The Morgan fingerprint density at radius 1 is 1.03 bits per heavy atom. The first-order valence-electron chi connectivity index (χ1n) is 11.7. The van der Waals surface area contributed by atoms with Gasteiger partial charge in [-0.2, -0.15) is 0 Å². The molecule has 0 radical (unpaired) electrons. The largest absolute Gasteiger partial charge is 0.338 e. The number of carbonyl (C=O) groups excluding carboxylic acids is 1. The van der Waals surface area contributed by atoms with Crippen molar-refractivity contribution in [1.29, 1.82) is 0 Å². The van der Waals surface area contributed by atoms with Gasteiger partial charge >= 0.3 is 6.03 Å². The van der Waals surface area contributed by atoms with Crippen LogP contribution in [0.15, 0.2) is 48.5 Å². The number of hydrogen-bond donors (Lipinski definition) is 1. The van der Waals surface area contributed by atoms with E-state index in [0.717, 1.165) is 57.0 Å². The van der Waals surface area contributed by atoms with Gasteiger partial charge in [-0.15, -0.1) is 0 Å². The van der Waals surface area contributed by atoms with E-state index in [1.807, 2.05) is 17.0 Å². The van der Waals surface area contributed by atoms with E-state index in [-0.39, 0.29) is 6.03 Å². The third-order valence-electron chi connectivity index (χ3n) is 6.23. The minimum absolute atomic E-state index is 0.0596. The molecule has 0 aromatic heterocycles. The summed E-state index contributed by atoms with van der Waals surface area (Å²) in [4.78, 5) is 16.9. The van der Waals surface area contributed by atoms with E-state index in [1.165, 1.54) is 23.1 Å². The Kier molecular flexibility index (Phi) is 9.23. The summed E-state index contributed by atoms with van der Waals surface area (Å²) >= 11 is 5.99. The van der Waals surface area contributed by atoms with E-state index in [0.29, 0.717) is 12.5 Å². The standard InChI is InChI=1S/C26H36ClN3O/c1-3-17-29(4-2)20-22-7-5-21(6-8-22)13-16-28-26(31)30-18-14-24(15-19-30)23-9-11-25(27)12-10-23/h5-12,24H,3-4,13-20H2,1-2H3,(H,28,31). The number of benzene rings is 2. The predicted molar refractivity (Wildman–Crippen MR) is 130 cm³/mol. The zero-order chi connectivity index (χ0) is 22.1. The van der Waals surface area contributed by atoms with Crippen LogP contribution in [0.2, 0.25) is 5.02 Å². The fourth-order valence-corrected chi connectivity index (χ4v) is 4.44. The zero-order valence-electron chi connectivity index (χ0n) is 18.9. The first-order valence-corrected chi connectivity index (χ1v) is 12.0. The molecule has 2 aromatic rings. The summed E-state index contributed by atoms with van der Waals surface area (Å²) in [7, 11) is 0. The number of halogens is 1. The maximum Gasteiger partial charge on any atom is 0.317 e. The monoisotopic (exact) mass is 441 g/mol. The normalized spacial score (nSPS) is 14.8. The molecule has 5 heteroatoms. The molecular weight excluding hydrogens is 406 g/mol. The van der Waals surface area contributed by atoms with Crippen LogP contribution in [0.25, 0.3) is 0 Å². The number of rotatable bonds is 9. The second kappa shape index (κ2) is 12.1. The van der Waals surface area contributed by atoms with Crippen LogP contribution in [0.3, 0.4) is 0 Å². The number of nitrogens with zero attached hydrogens (tertiary/aromatic N) is 2. The Hall–Kier alpha value is -2.04. The van der Waals surface area contributed by atoms with Gasteiger partial charge < -0.3 is 10.2 Å². The third-order valence-corrected chi connectivity index (χ3v) is 6.48. The number of likely N-dealkylation sites (tertiary alicyclic amines) is 1. The van der Waals surface area contributed by atoms with Crippen LogP contribution in [0.1, 0.15) is 55.7 Å². The lowest BCUT2D eigenvalue weighted by Gasteiger charge is -2.32. The van der Waals surface area contributed by atoms with Gasteiger partial charge in [0.25, 0.3) is 0 Å².